The minimum absolute atomic E-state index is 0.0415. The second-order valence-electron chi connectivity index (χ2n) is 20.2. The molecule has 0 atom stereocenters. The van der Waals surface area contributed by atoms with E-state index in [9.17, 15) is 35.1 Å². The van der Waals surface area contributed by atoms with Crippen molar-refractivity contribution >= 4 is 53.3 Å². The van der Waals surface area contributed by atoms with E-state index in [-0.39, 0.29) is 11.4 Å². The Morgan fingerprint density at radius 2 is 0.862 bits per heavy atom. The standard InChI is InChI=1S/C24H20N2O.C23H17F3N4O2S.C21H15N3O2S/c1-24(2,27)20-11-7-6-10-19(20)18-13-14-21-22(16-18)26-23(25-21)15-12-17-8-4-3-5-9-17;24-23(25,26)18-9-5-15(6-10-18)7-12-22-29-20-11-8-16(13-21(20)30-22)19-4-2-1-3-17(19)14-28-33(27,31)32;22-27(25,26)20-9-5-4-8-17(20)16-11-12-18-19(14-16)24-21(23-18)13-10-15-6-2-1-3-7-15/h3-11,13-14,16,27H,1-2H3,(H,25,26);1-6,8-11,13,28H,14H2,(H,29,30)(H2,27,31,32);1-9,11-12,14H,(H,23,24)(H2,22,25,26). The van der Waals surface area contributed by atoms with E-state index in [4.69, 9.17) is 10.3 Å². The first-order chi connectivity index (χ1) is 41.6. The number of nitrogens with two attached hydrogens (primary N) is 2. The number of hydrogen-bond acceptors (Lipinski definition) is 8. The first kappa shape index (κ1) is 59.7. The lowest BCUT2D eigenvalue weighted by Gasteiger charge is -2.21. The van der Waals surface area contributed by atoms with Crippen molar-refractivity contribution < 1.29 is 35.1 Å². The molecule has 87 heavy (non-hydrogen) atoms. The van der Waals surface area contributed by atoms with Crippen LogP contribution in [-0.2, 0) is 38.6 Å². The maximum absolute atomic E-state index is 12.7. The summed E-state index contributed by atoms with van der Waals surface area (Å²) in [6.45, 7) is 3.65. The fourth-order valence-electron chi connectivity index (χ4n) is 9.24. The fraction of sp³-hybridized carbons (Fsp3) is 0.0735. The van der Waals surface area contributed by atoms with Crippen LogP contribution in [0.25, 0.3) is 66.5 Å². The first-order valence-electron chi connectivity index (χ1n) is 26.7. The van der Waals surface area contributed by atoms with Gasteiger partial charge in [-0.05, 0) is 162 Å². The summed E-state index contributed by atoms with van der Waals surface area (Å²) in [4.78, 5) is 23.0. The molecular formula is C68H52F3N9O5S2. The molecule has 3 heterocycles. The molecule has 0 aliphatic carbocycles. The summed E-state index contributed by atoms with van der Waals surface area (Å²) in [5, 5.41) is 20.9. The van der Waals surface area contributed by atoms with Gasteiger partial charge < -0.3 is 20.1 Å². The van der Waals surface area contributed by atoms with E-state index in [1.165, 1.54) is 18.2 Å². The monoisotopic (exact) mass is 1200 g/mol. The topological polar surface area (TPSA) is 239 Å². The SMILES string of the molecule is CC(C)(O)c1ccccc1-c1ccc2nc(C#Cc3ccccc3)[nH]c2c1.NS(=O)(=O)NCc1ccccc1-c1ccc2nc(C#Cc3ccc(C(F)(F)F)cc3)[nH]c2c1.NS(=O)(=O)c1ccccc1-c1ccc2nc(C#Cc3ccccc3)[nH]c2c1. The molecule has 0 amide bonds. The Kier molecular flexibility index (Phi) is 17.5. The number of hydrogen-bond donors (Lipinski definition) is 7. The Labute approximate surface area is 499 Å². The third-order valence-corrected chi connectivity index (χ3v) is 14.9. The summed E-state index contributed by atoms with van der Waals surface area (Å²) in [6.07, 6.45) is -4.39. The summed E-state index contributed by atoms with van der Waals surface area (Å²) in [6, 6.07) is 63.0. The van der Waals surface area contributed by atoms with E-state index in [0.29, 0.717) is 39.6 Å². The number of primary sulfonamides is 1. The normalized spacial score (nSPS) is 11.4. The van der Waals surface area contributed by atoms with E-state index in [1.54, 1.807) is 50.2 Å². The summed E-state index contributed by atoms with van der Waals surface area (Å²) in [5.41, 5.74) is 12.0. The zero-order valence-electron chi connectivity index (χ0n) is 46.4. The van der Waals surface area contributed by atoms with Crippen LogP contribution in [0.3, 0.4) is 0 Å². The molecule has 12 rings (SSSR count). The Morgan fingerprint density at radius 3 is 1.31 bits per heavy atom. The number of sulfonamides is 1. The predicted octanol–water partition coefficient (Wildman–Crippen LogP) is 12.1. The molecule has 0 saturated carbocycles. The number of aromatic amines is 3. The van der Waals surface area contributed by atoms with Crippen LogP contribution in [0.5, 0.6) is 0 Å². The smallest absolute Gasteiger partial charge is 0.386 e. The van der Waals surface area contributed by atoms with E-state index < -0.39 is 37.6 Å². The molecule has 0 aliphatic rings. The molecule has 0 unspecified atom stereocenters. The number of H-pyrrole nitrogens is 3. The quantitative estimate of drug-likeness (QED) is 0.0721. The van der Waals surface area contributed by atoms with Gasteiger partial charge in [0.25, 0.3) is 10.2 Å². The Balaban J connectivity index is 0.000000145. The zero-order chi connectivity index (χ0) is 61.3. The number of aliphatic hydroxyl groups is 1. The molecule has 12 aromatic rings. The van der Waals surface area contributed by atoms with Gasteiger partial charge in [0.2, 0.25) is 10.0 Å². The highest BCUT2D eigenvalue weighted by Gasteiger charge is 2.30. The van der Waals surface area contributed by atoms with Crippen molar-refractivity contribution in [2.75, 3.05) is 0 Å². The van der Waals surface area contributed by atoms with Crippen molar-refractivity contribution in [1.29, 1.82) is 0 Å². The molecule has 0 bridgehead atoms. The van der Waals surface area contributed by atoms with Crippen LogP contribution in [0, 0.1) is 35.5 Å². The summed E-state index contributed by atoms with van der Waals surface area (Å²) < 4.78 is 86.5. The lowest BCUT2D eigenvalue weighted by molar-refractivity contribution is -0.137. The van der Waals surface area contributed by atoms with Crippen molar-refractivity contribution in [2.45, 2.75) is 37.1 Å². The van der Waals surface area contributed by atoms with Crippen molar-refractivity contribution in [2.24, 2.45) is 10.3 Å². The van der Waals surface area contributed by atoms with Crippen LogP contribution >= 0.6 is 0 Å². The number of imidazole rings is 3. The molecule has 0 aliphatic heterocycles. The highest BCUT2D eigenvalue weighted by Crippen LogP contribution is 2.34. The number of benzene rings is 9. The summed E-state index contributed by atoms with van der Waals surface area (Å²) in [7, 11) is -7.65. The van der Waals surface area contributed by atoms with Crippen LogP contribution in [0.2, 0.25) is 0 Å². The number of halogens is 3. The fourth-order valence-corrected chi connectivity index (χ4v) is 10.4. The zero-order valence-corrected chi connectivity index (χ0v) is 48.1. The van der Waals surface area contributed by atoms with Crippen LogP contribution < -0.4 is 15.0 Å². The molecular weight excluding hydrogens is 1140 g/mol. The van der Waals surface area contributed by atoms with Gasteiger partial charge in [0.15, 0.2) is 17.5 Å². The second kappa shape index (κ2) is 25.4. The Bertz CT molecular complexity index is 4930. The molecule has 0 spiro atoms. The van der Waals surface area contributed by atoms with Gasteiger partial charge in [0.05, 0.1) is 49.2 Å². The third-order valence-electron chi connectivity index (χ3n) is 13.4. The van der Waals surface area contributed by atoms with E-state index in [0.717, 1.165) is 84.3 Å². The maximum Gasteiger partial charge on any atom is 0.416 e. The lowest BCUT2D eigenvalue weighted by atomic mass is 9.89. The molecule has 14 nitrogen and oxygen atoms in total. The summed E-state index contributed by atoms with van der Waals surface area (Å²) in [5.74, 6) is 19.5. The van der Waals surface area contributed by atoms with E-state index >= 15 is 0 Å². The maximum atomic E-state index is 12.7. The average Bonchev–Trinajstić information content (AvgIpc) is 2.69. The minimum atomic E-state index is -4.39. The molecule has 9 aromatic carbocycles. The van der Waals surface area contributed by atoms with Crippen molar-refractivity contribution in [3.63, 3.8) is 0 Å². The van der Waals surface area contributed by atoms with Crippen molar-refractivity contribution in [1.82, 2.24) is 34.6 Å². The van der Waals surface area contributed by atoms with Crippen LogP contribution in [-0.4, -0.2) is 51.8 Å². The van der Waals surface area contributed by atoms with E-state index in [1.807, 2.05) is 140 Å². The average molecular weight is 1200 g/mol. The van der Waals surface area contributed by atoms with Crippen LogP contribution in [0.1, 0.15) is 64.7 Å². The van der Waals surface area contributed by atoms with Gasteiger partial charge in [0.1, 0.15) is 0 Å². The first-order valence-corrected chi connectivity index (χ1v) is 29.8. The number of nitrogens with one attached hydrogen (secondary N) is 4. The number of aromatic nitrogens is 6. The highest BCUT2D eigenvalue weighted by atomic mass is 32.2. The molecule has 0 radical (unpaired) electrons. The molecule has 3 aromatic heterocycles. The van der Waals surface area contributed by atoms with Crippen molar-refractivity contribution in [3.8, 4) is 68.9 Å². The number of fused-ring (bicyclic) bond motifs is 3. The molecule has 9 N–H and O–H groups in total. The van der Waals surface area contributed by atoms with Gasteiger partial charge in [-0.15, -0.1) is 0 Å². The second-order valence-corrected chi connectivity index (χ2v) is 23.1. The number of rotatable bonds is 8. The molecule has 432 valence electrons. The predicted molar refractivity (Wildman–Crippen MR) is 333 cm³/mol. The molecule has 0 fully saturated rings. The van der Waals surface area contributed by atoms with Gasteiger partial charge in [-0.2, -0.15) is 26.3 Å². The van der Waals surface area contributed by atoms with Gasteiger partial charge in [0, 0.05) is 28.8 Å². The summed E-state index contributed by atoms with van der Waals surface area (Å²) >= 11 is 0. The van der Waals surface area contributed by atoms with Crippen molar-refractivity contribution in [3.05, 3.63) is 263 Å². The largest absolute Gasteiger partial charge is 0.416 e. The number of nitrogens with zero attached hydrogens (tertiary/aromatic N) is 3. The van der Waals surface area contributed by atoms with Gasteiger partial charge in [-0.1, -0.05) is 139 Å². The van der Waals surface area contributed by atoms with Crippen LogP contribution in [0.15, 0.2) is 217 Å². The van der Waals surface area contributed by atoms with Gasteiger partial charge >= 0.3 is 6.18 Å². The third kappa shape index (κ3) is 15.5. The van der Waals surface area contributed by atoms with Crippen LogP contribution in [0.4, 0.5) is 13.2 Å². The minimum Gasteiger partial charge on any atom is -0.386 e. The van der Waals surface area contributed by atoms with E-state index in [2.05, 4.69) is 76.2 Å². The highest BCUT2D eigenvalue weighted by molar-refractivity contribution is 7.89. The Hall–Kier alpha value is -10.4. The number of alkyl halides is 3. The molecule has 0 saturated heterocycles. The van der Waals surface area contributed by atoms with Gasteiger partial charge in [-0.25, -0.2) is 33.6 Å². The molecule has 19 heteroatoms. The Morgan fingerprint density at radius 1 is 0.471 bits per heavy atom. The lowest BCUT2D eigenvalue weighted by Crippen LogP contribution is -2.30. The van der Waals surface area contributed by atoms with Gasteiger partial charge in [-0.3, -0.25) is 0 Å².